The number of Topliss-reactive ketones (excluding diaryl/α,β-unsaturated/α-hetero) is 1. The summed E-state index contributed by atoms with van der Waals surface area (Å²) in [6, 6.07) is 4.70. The summed E-state index contributed by atoms with van der Waals surface area (Å²) in [6.45, 7) is 5.63. The van der Waals surface area contributed by atoms with Gasteiger partial charge in [-0.1, -0.05) is 23.2 Å². The summed E-state index contributed by atoms with van der Waals surface area (Å²) in [7, 11) is 2.91. The normalized spacial score (nSPS) is 11.7. The molecule has 0 radical (unpaired) electrons. The van der Waals surface area contributed by atoms with Crippen LogP contribution in [0.25, 0.3) is 0 Å². The predicted octanol–water partition coefficient (Wildman–Crippen LogP) is 5.49. The molecule has 0 saturated heterocycles. The maximum Gasteiger partial charge on any atom is 0.258 e. The smallest absolute Gasteiger partial charge is 0.258 e. The minimum atomic E-state index is -1.44. The fraction of sp³-hybridized carbons (Fsp3) is 0.364. The molecule has 9 nitrogen and oxygen atoms in total. The maximum absolute atomic E-state index is 12.8. The Labute approximate surface area is 202 Å². The van der Waals surface area contributed by atoms with Gasteiger partial charge in [-0.25, -0.2) is 0 Å². The Balaban J connectivity index is 2.32. The van der Waals surface area contributed by atoms with Gasteiger partial charge in [0.25, 0.3) is 5.91 Å². The number of hydrogen-bond donors (Lipinski definition) is 1. The molecule has 11 heteroatoms. The topological polar surface area (TPSA) is 108 Å². The highest BCUT2D eigenvalue weighted by molar-refractivity contribution is 6.35. The van der Waals surface area contributed by atoms with E-state index in [1.54, 1.807) is 19.1 Å². The Hall–Kier alpha value is -3.04. The van der Waals surface area contributed by atoms with Crippen LogP contribution in [0.15, 0.2) is 34.5 Å². The molecule has 0 fully saturated rings. The summed E-state index contributed by atoms with van der Waals surface area (Å²) in [6.07, 6.45) is 0. The summed E-state index contributed by atoms with van der Waals surface area (Å²) in [5.41, 5.74) is 0.435. The van der Waals surface area contributed by atoms with E-state index in [1.165, 1.54) is 33.3 Å². The quantitative estimate of drug-likeness (QED) is 0.324. The number of ketones is 1. The van der Waals surface area contributed by atoms with Crippen LogP contribution in [0.5, 0.6) is 23.0 Å². The van der Waals surface area contributed by atoms with Crippen LogP contribution in [-0.4, -0.2) is 45.2 Å². The van der Waals surface area contributed by atoms with E-state index in [1.807, 2.05) is 6.92 Å². The largest absolute Gasteiger partial charge is 0.493 e. The fourth-order valence-corrected chi connectivity index (χ4v) is 3.19. The highest BCUT2D eigenvalue weighted by atomic mass is 35.5. The van der Waals surface area contributed by atoms with E-state index in [4.69, 9.17) is 42.1 Å². The number of anilines is 1. The van der Waals surface area contributed by atoms with E-state index in [0.717, 1.165) is 0 Å². The summed E-state index contributed by atoms with van der Waals surface area (Å²) in [4.78, 5) is 24.9. The summed E-state index contributed by atoms with van der Waals surface area (Å²) >= 11 is 12.6. The number of carbonyl (C=O) groups excluding carboxylic acids is 2. The van der Waals surface area contributed by atoms with Crippen molar-refractivity contribution in [3.8, 4) is 23.0 Å². The molecule has 0 aliphatic rings. The zero-order valence-corrected chi connectivity index (χ0v) is 20.4. The number of hydrogen-bond acceptors (Lipinski definition) is 8. The maximum atomic E-state index is 12.8. The lowest BCUT2D eigenvalue weighted by molar-refractivity contribution is -0.126. The highest BCUT2D eigenvalue weighted by Crippen LogP contribution is 2.42. The van der Waals surface area contributed by atoms with Gasteiger partial charge in [0.15, 0.2) is 28.8 Å². The number of azo groups is 1. The lowest BCUT2D eigenvalue weighted by Crippen LogP contribution is -2.31. The number of benzene rings is 2. The third-order valence-electron chi connectivity index (χ3n) is 4.27. The Kier molecular flexibility index (Phi) is 9.74. The zero-order chi connectivity index (χ0) is 24.5. The van der Waals surface area contributed by atoms with Crippen LogP contribution in [0, 0.1) is 0 Å². The van der Waals surface area contributed by atoms with Crippen molar-refractivity contribution in [2.45, 2.75) is 26.8 Å². The molecule has 1 N–H and O–H groups in total. The molecule has 0 heterocycles. The molecular weight excluding hydrogens is 473 g/mol. The molecule has 0 bridgehead atoms. The molecule has 0 aliphatic carbocycles. The average molecular weight is 498 g/mol. The Morgan fingerprint density at radius 3 is 2.21 bits per heavy atom. The summed E-state index contributed by atoms with van der Waals surface area (Å²) in [5.74, 6) is 0.236. The van der Waals surface area contributed by atoms with Gasteiger partial charge in [-0.05, 0) is 32.9 Å². The predicted molar refractivity (Wildman–Crippen MR) is 126 cm³/mol. The van der Waals surface area contributed by atoms with Gasteiger partial charge in [0.1, 0.15) is 10.7 Å². The van der Waals surface area contributed by atoms with E-state index in [-0.39, 0.29) is 21.4 Å². The fourth-order valence-electron chi connectivity index (χ4n) is 2.74. The number of ether oxygens (including phenoxy) is 4. The number of rotatable bonds is 11. The van der Waals surface area contributed by atoms with E-state index in [9.17, 15) is 9.59 Å². The summed E-state index contributed by atoms with van der Waals surface area (Å²) < 4.78 is 21.5. The standard InChI is InChI=1S/C22H25Cl2N3O6/c1-6-32-16-9-8-14(19(24)21(16)33-7-2)26-27-20(12(3)28)22(29)25-15-11-18(31-5)17(30-4)10-13(15)23/h8-11,20H,6-7H2,1-5H3,(H,25,29). The molecule has 2 rings (SSSR count). The van der Waals surface area contributed by atoms with Gasteiger partial charge in [0, 0.05) is 12.1 Å². The van der Waals surface area contributed by atoms with Gasteiger partial charge in [0.2, 0.25) is 6.04 Å². The van der Waals surface area contributed by atoms with Crippen molar-refractivity contribution >= 4 is 46.3 Å². The van der Waals surface area contributed by atoms with Gasteiger partial charge in [-0.15, -0.1) is 0 Å². The average Bonchev–Trinajstić information content (AvgIpc) is 2.78. The molecule has 178 valence electrons. The highest BCUT2D eigenvalue weighted by Gasteiger charge is 2.25. The molecule has 1 atom stereocenters. The van der Waals surface area contributed by atoms with E-state index < -0.39 is 17.7 Å². The molecule has 1 amide bonds. The second kappa shape index (κ2) is 12.3. The van der Waals surface area contributed by atoms with Gasteiger partial charge >= 0.3 is 0 Å². The van der Waals surface area contributed by atoms with Gasteiger partial charge in [0.05, 0.1) is 38.1 Å². The number of methoxy groups -OCH3 is 2. The van der Waals surface area contributed by atoms with E-state index in [2.05, 4.69) is 15.5 Å². The van der Waals surface area contributed by atoms with Crippen molar-refractivity contribution < 1.29 is 28.5 Å². The van der Waals surface area contributed by atoms with Crippen molar-refractivity contribution in [3.63, 3.8) is 0 Å². The van der Waals surface area contributed by atoms with Crippen LogP contribution in [0.4, 0.5) is 11.4 Å². The van der Waals surface area contributed by atoms with Gasteiger partial charge in [-0.3, -0.25) is 9.59 Å². The first-order valence-corrected chi connectivity index (χ1v) is 10.7. The lowest BCUT2D eigenvalue weighted by Gasteiger charge is -2.15. The molecular formula is C22H25Cl2N3O6. The van der Waals surface area contributed by atoms with Gasteiger partial charge < -0.3 is 24.3 Å². The monoisotopic (exact) mass is 497 g/mol. The van der Waals surface area contributed by atoms with Crippen LogP contribution in [0.2, 0.25) is 10.0 Å². The zero-order valence-electron chi connectivity index (χ0n) is 18.9. The first kappa shape index (κ1) is 26.2. The molecule has 2 aromatic carbocycles. The number of amides is 1. The third-order valence-corrected chi connectivity index (χ3v) is 4.95. The second-order valence-corrected chi connectivity index (χ2v) is 7.28. The van der Waals surface area contributed by atoms with Crippen LogP contribution >= 0.6 is 23.2 Å². The van der Waals surface area contributed by atoms with Gasteiger partial charge in [-0.2, -0.15) is 10.2 Å². The summed E-state index contributed by atoms with van der Waals surface area (Å²) in [5, 5.41) is 10.8. The molecule has 33 heavy (non-hydrogen) atoms. The van der Waals surface area contributed by atoms with Crippen molar-refractivity contribution in [1.29, 1.82) is 0 Å². The molecule has 0 aromatic heterocycles. The van der Waals surface area contributed by atoms with Crippen LogP contribution in [-0.2, 0) is 9.59 Å². The molecule has 0 spiro atoms. The Bertz CT molecular complexity index is 1050. The molecule has 0 aliphatic heterocycles. The molecule has 2 aromatic rings. The lowest BCUT2D eigenvalue weighted by atomic mass is 10.2. The van der Waals surface area contributed by atoms with Crippen molar-refractivity contribution in [1.82, 2.24) is 0 Å². The van der Waals surface area contributed by atoms with Crippen LogP contribution < -0.4 is 24.3 Å². The number of nitrogens with one attached hydrogen (secondary N) is 1. The number of nitrogens with zero attached hydrogens (tertiary/aromatic N) is 2. The second-order valence-electron chi connectivity index (χ2n) is 6.50. The van der Waals surface area contributed by atoms with Crippen LogP contribution in [0.3, 0.4) is 0 Å². The minimum Gasteiger partial charge on any atom is -0.493 e. The van der Waals surface area contributed by atoms with Crippen LogP contribution in [0.1, 0.15) is 20.8 Å². The van der Waals surface area contributed by atoms with E-state index >= 15 is 0 Å². The molecule has 1 unspecified atom stereocenters. The molecule has 0 saturated carbocycles. The first-order chi connectivity index (χ1) is 15.8. The van der Waals surface area contributed by atoms with Crippen molar-refractivity contribution in [3.05, 3.63) is 34.3 Å². The Morgan fingerprint density at radius 1 is 1.00 bits per heavy atom. The van der Waals surface area contributed by atoms with Crippen molar-refractivity contribution in [2.75, 3.05) is 32.8 Å². The SMILES string of the molecule is CCOc1ccc(N=NC(C(C)=O)C(=O)Nc2cc(OC)c(OC)cc2Cl)c(Cl)c1OCC. The first-order valence-electron chi connectivity index (χ1n) is 9.99. The van der Waals surface area contributed by atoms with E-state index in [0.29, 0.717) is 36.2 Å². The Morgan fingerprint density at radius 2 is 1.64 bits per heavy atom. The number of halogens is 2. The minimum absolute atomic E-state index is 0.150. The van der Waals surface area contributed by atoms with Crippen molar-refractivity contribution in [2.24, 2.45) is 10.2 Å². The number of carbonyl (C=O) groups is 2. The third kappa shape index (κ3) is 6.49.